The van der Waals surface area contributed by atoms with Crippen LogP contribution in [-0.4, -0.2) is 23.9 Å². The van der Waals surface area contributed by atoms with Crippen LogP contribution in [0.3, 0.4) is 0 Å². The first-order chi connectivity index (χ1) is 15.1. The number of benzene rings is 2. The van der Waals surface area contributed by atoms with Gasteiger partial charge in [0.25, 0.3) is 0 Å². The number of aromatic nitrogens is 1. The molecule has 0 aliphatic heterocycles. The third kappa shape index (κ3) is 3.94. The van der Waals surface area contributed by atoms with E-state index in [0.717, 1.165) is 59.3 Å². The number of ether oxygens (including phenoxy) is 2. The van der Waals surface area contributed by atoms with Gasteiger partial charge in [-0.25, -0.2) is 4.79 Å². The molecule has 2 fully saturated rings. The maximum Gasteiger partial charge on any atom is 0.411 e. The summed E-state index contributed by atoms with van der Waals surface area (Å²) in [6.45, 7) is 3.13. The molecule has 1 aromatic heterocycles. The maximum absolute atomic E-state index is 12.0. The van der Waals surface area contributed by atoms with Gasteiger partial charge in [-0.3, -0.25) is 5.32 Å². The Morgan fingerprint density at radius 2 is 1.90 bits per heavy atom. The van der Waals surface area contributed by atoms with E-state index in [1.54, 1.807) is 0 Å². The lowest BCUT2D eigenvalue weighted by Crippen LogP contribution is -2.18. The first-order valence-electron chi connectivity index (χ1n) is 11.2. The van der Waals surface area contributed by atoms with Crippen LogP contribution in [0.25, 0.3) is 22.2 Å². The van der Waals surface area contributed by atoms with E-state index in [0.29, 0.717) is 30.9 Å². The second-order valence-corrected chi connectivity index (χ2v) is 8.57. The van der Waals surface area contributed by atoms with Gasteiger partial charge in [0.15, 0.2) is 0 Å². The molecule has 6 nitrogen and oxygen atoms in total. The Hall–Kier alpha value is -3.15. The van der Waals surface area contributed by atoms with Crippen molar-refractivity contribution in [2.45, 2.75) is 45.1 Å². The number of anilines is 2. The summed E-state index contributed by atoms with van der Waals surface area (Å²) in [6, 6.07) is 14.4. The summed E-state index contributed by atoms with van der Waals surface area (Å²) in [6.07, 6.45) is 5.46. The number of nitrogens with one attached hydrogen (secondary N) is 1. The average Bonchev–Trinajstić information content (AvgIpc) is 3.52. The summed E-state index contributed by atoms with van der Waals surface area (Å²) in [7, 11) is 0. The molecule has 0 bridgehead atoms. The number of amides is 1. The number of nitrogen functional groups attached to an aromatic ring is 1. The zero-order valence-electron chi connectivity index (χ0n) is 17.9. The minimum absolute atomic E-state index is 0.397. The lowest BCUT2D eigenvalue weighted by Gasteiger charge is -2.30. The van der Waals surface area contributed by atoms with Crippen LogP contribution < -0.4 is 15.8 Å². The van der Waals surface area contributed by atoms with Crippen molar-refractivity contribution in [2.75, 3.05) is 24.3 Å². The highest BCUT2D eigenvalue weighted by molar-refractivity contribution is 6.01. The quantitative estimate of drug-likeness (QED) is 0.494. The Balaban J connectivity index is 1.45. The molecule has 0 spiro atoms. The summed E-state index contributed by atoms with van der Waals surface area (Å²) >= 11 is 0. The molecule has 2 aromatic carbocycles. The summed E-state index contributed by atoms with van der Waals surface area (Å²) in [5.74, 6) is 1.41. The molecule has 5 rings (SSSR count). The second kappa shape index (κ2) is 8.17. The van der Waals surface area contributed by atoms with Crippen molar-refractivity contribution >= 4 is 28.4 Å². The van der Waals surface area contributed by atoms with E-state index in [-0.39, 0.29) is 0 Å². The largest absolute Gasteiger partial charge is 0.494 e. The number of hydrogen-bond donors (Lipinski definition) is 2. The zero-order chi connectivity index (χ0) is 21.4. The van der Waals surface area contributed by atoms with Crippen molar-refractivity contribution in [2.24, 2.45) is 5.92 Å². The molecule has 0 unspecified atom stereocenters. The number of carbonyl (C=O) groups excluding carboxylic acids is 1. The lowest BCUT2D eigenvalue weighted by atomic mass is 9.92. The van der Waals surface area contributed by atoms with E-state index in [1.165, 1.54) is 6.42 Å². The predicted molar refractivity (Wildman–Crippen MR) is 124 cm³/mol. The molecule has 6 heteroatoms. The smallest absolute Gasteiger partial charge is 0.411 e. The summed E-state index contributed by atoms with van der Waals surface area (Å²) in [4.78, 5) is 12.0. The molecule has 31 heavy (non-hydrogen) atoms. The highest BCUT2D eigenvalue weighted by Gasteiger charge is 2.27. The summed E-state index contributed by atoms with van der Waals surface area (Å²) in [5, 5.41) is 3.86. The molecule has 2 aliphatic rings. The van der Waals surface area contributed by atoms with Crippen molar-refractivity contribution in [3.8, 4) is 17.0 Å². The van der Waals surface area contributed by atoms with Crippen LogP contribution in [0, 0.1) is 5.92 Å². The van der Waals surface area contributed by atoms with Crippen LogP contribution in [0.15, 0.2) is 42.5 Å². The van der Waals surface area contributed by atoms with Gasteiger partial charge in [-0.1, -0.05) is 12.1 Å². The SMILES string of the molecule is CCOc1ccc2c(N)c(-c3ccc(NC(=O)OCC4CC4)cc3)n(C3CCC3)c2c1. The fourth-order valence-corrected chi connectivity index (χ4v) is 4.23. The van der Waals surface area contributed by atoms with E-state index < -0.39 is 6.09 Å². The summed E-state index contributed by atoms with van der Waals surface area (Å²) < 4.78 is 13.4. The number of hydrogen-bond acceptors (Lipinski definition) is 4. The summed E-state index contributed by atoms with van der Waals surface area (Å²) in [5.41, 5.74) is 11.4. The van der Waals surface area contributed by atoms with Crippen LogP contribution in [0.5, 0.6) is 5.75 Å². The monoisotopic (exact) mass is 419 g/mol. The van der Waals surface area contributed by atoms with Gasteiger partial charge in [0.2, 0.25) is 0 Å². The molecule has 1 amide bonds. The van der Waals surface area contributed by atoms with Crippen molar-refractivity contribution in [1.29, 1.82) is 0 Å². The topological polar surface area (TPSA) is 78.5 Å². The Bertz CT molecular complexity index is 1100. The minimum Gasteiger partial charge on any atom is -0.494 e. The Kier molecular flexibility index (Phi) is 5.22. The van der Waals surface area contributed by atoms with Gasteiger partial charge in [-0.2, -0.15) is 0 Å². The molecule has 2 aliphatic carbocycles. The van der Waals surface area contributed by atoms with Crippen LogP contribution in [0.2, 0.25) is 0 Å². The van der Waals surface area contributed by atoms with Gasteiger partial charge < -0.3 is 19.8 Å². The second-order valence-electron chi connectivity index (χ2n) is 8.57. The van der Waals surface area contributed by atoms with Gasteiger partial charge in [0.1, 0.15) is 5.75 Å². The van der Waals surface area contributed by atoms with Crippen LogP contribution >= 0.6 is 0 Å². The van der Waals surface area contributed by atoms with E-state index in [2.05, 4.69) is 22.0 Å². The standard InChI is InChI=1S/C25H29N3O3/c1-2-30-20-12-13-21-22(14-20)28(19-4-3-5-19)24(23(21)26)17-8-10-18(11-9-17)27-25(29)31-15-16-6-7-16/h8-14,16,19H,2-7,15,26H2,1H3,(H,27,29). The fraction of sp³-hybridized carbons (Fsp3) is 0.400. The molecule has 1 heterocycles. The van der Waals surface area contributed by atoms with Crippen LogP contribution in [0.1, 0.15) is 45.1 Å². The molecule has 3 aromatic rings. The van der Waals surface area contributed by atoms with Crippen LogP contribution in [-0.2, 0) is 4.74 Å². The minimum atomic E-state index is -0.397. The van der Waals surface area contributed by atoms with Crippen molar-refractivity contribution in [1.82, 2.24) is 4.57 Å². The lowest BCUT2D eigenvalue weighted by molar-refractivity contribution is 0.156. The molecular weight excluding hydrogens is 390 g/mol. The first-order valence-corrected chi connectivity index (χ1v) is 11.2. The van der Waals surface area contributed by atoms with Gasteiger partial charge in [-0.05, 0) is 69.2 Å². The van der Waals surface area contributed by atoms with E-state index in [4.69, 9.17) is 15.2 Å². The molecule has 0 radical (unpaired) electrons. The Morgan fingerprint density at radius 3 is 2.55 bits per heavy atom. The molecular formula is C25H29N3O3. The third-order valence-electron chi connectivity index (χ3n) is 6.32. The molecule has 0 saturated heterocycles. The maximum atomic E-state index is 12.0. The van der Waals surface area contributed by atoms with Gasteiger partial charge >= 0.3 is 6.09 Å². The molecule has 2 saturated carbocycles. The normalized spacial score (nSPS) is 16.2. The number of fused-ring (bicyclic) bond motifs is 1. The van der Waals surface area contributed by atoms with E-state index in [1.807, 2.05) is 37.3 Å². The first kappa shape index (κ1) is 19.8. The van der Waals surface area contributed by atoms with Crippen molar-refractivity contribution in [3.05, 3.63) is 42.5 Å². The van der Waals surface area contributed by atoms with Crippen molar-refractivity contribution < 1.29 is 14.3 Å². The average molecular weight is 420 g/mol. The molecule has 162 valence electrons. The number of carbonyl (C=O) groups is 1. The predicted octanol–water partition coefficient (Wildman–Crippen LogP) is 5.97. The highest BCUT2D eigenvalue weighted by atomic mass is 16.5. The van der Waals surface area contributed by atoms with Gasteiger partial charge in [0.05, 0.1) is 30.1 Å². The molecule has 3 N–H and O–H groups in total. The van der Waals surface area contributed by atoms with Crippen molar-refractivity contribution in [3.63, 3.8) is 0 Å². The van der Waals surface area contributed by atoms with Gasteiger partial charge in [-0.15, -0.1) is 0 Å². The fourth-order valence-electron chi connectivity index (χ4n) is 4.23. The third-order valence-corrected chi connectivity index (χ3v) is 6.32. The van der Waals surface area contributed by atoms with Gasteiger partial charge in [0, 0.05) is 28.7 Å². The Labute approximate surface area is 182 Å². The highest BCUT2D eigenvalue weighted by Crippen LogP contribution is 2.44. The molecule has 0 atom stereocenters. The number of nitrogens with two attached hydrogens (primary N) is 1. The van der Waals surface area contributed by atoms with Crippen LogP contribution in [0.4, 0.5) is 16.2 Å². The van der Waals surface area contributed by atoms with E-state index in [9.17, 15) is 4.79 Å². The number of nitrogens with zero attached hydrogens (tertiary/aromatic N) is 1. The zero-order valence-corrected chi connectivity index (χ0v) is 17.9. The van der Waals surface area contributed by atoms with E-state index >= 15 is 0 Å². The Morgan fingerprint density at radius 1 is 1.13 bits per heavy atom. The number of rotatable bonds is 7.